The molecule has 0 aliphatic rings. The molecule has 0 aliphatic carbocycles. The first kappa shape index (κ1) is 13.1. The lowest BCUT2D eigenvalue weighted by molar-refractivity contribution is 1.41. The van der Waals surface area contributed by atoms with E-state index in [1.807, 2.05) is 36.4 Å². The Kier molecular flexibility index (Phi) is 3.68. The molecule has 0 spiro atoms. The van der Waals surface area contributed by atoms with Crippen molar-refractivity contribution in [1.29, 1.82) is 0 Å². The number of aromatic nitrogens is 1. The number of halogens is 2. The van der Waals surface area contributed by atoms with Crippen LogP contribution in [0.15, 0.2) is 59.7 Å². The summed E-state index contributed by atoms with van der Waals surface area (Å²) in [6, 6.07) is 15.1. The largest absolute Gasteiger partial charge is 0.256 e. The van der Waals surface area contributed by atoms with Gasteiger partial charge in [0.25, 0.3) is 0 Å². The van der Waals surface area contributed by atoms with Crippen LogP contribution in [0.1, 0.15) is 5.56 Å². The topological polar surface area (TPSA) is 25.2 Å². The molecule has 4 heteroatoms. The lowest BCUT2D eigenvalue weighted by Gasteiger charge is -2.00. The van der Waals surface area contributed by atoms with E-state index in [1.54, 1.807) is 24.5 Å². The molecular weight excluding hydrogens is 291 g/mol. The van der Waals surface area contributed by atoms with Gasteiger partial charge in [-0.2, -0.15) is 0 Å². The highest BCUT2D eigenvalue weighted by atomic mass is 35.5. The second kappa shape index (κ2) is 5.61. The highest BCUT2D eigenvalue weighted by Crippen LogP contribution is 2.22. The van der Waals surface area contributed by atoms with Gasteiger partial charge in [-0.1, -0.05) is 35.3 Å². The zero-order chi connectivity index (χ0) is 13.9. The number of hydrogen-bond donors (Lipinski definition) is 0. The quantitative estimate of drug-likeness (QED) is 0.590. The Bertz CT molecular complexity index is 797. The van der Waals surface area contributed by atoms with Crippen molar-refractivity contribution in [1.82, 2.24) is 4.98 Å². The summed E-state index contributed by atoms with van der Waals surface area (Å²) in [5, 5.41) is 2.26. The van der Waals surface area contributed by atoms with Crippen LogP contribution in [0.5, 0.6) is 0 Å². The van der Waals surface area contributed by atoms with Gasteiger partial charge in [0.15, 0.2) is 0 Å². The van der Waals surface area contributed by atoms with Crippen LogP contribution in [-0.4, -0.2) is 11.2 Å². The fourth-order valence-corrected chi connectivity index (χ4v) is 2.35. The smallest absolute Gasteiger partial charge is 0.0703 e. The molecule has 0 saturated heterocycles. The average molecular weight is 301 g/mol. The van der Waals surface area contributed by atoms with Crippen molar-refractivity contribution in [3.63, 3.8) is 0 Å². The van der Waals surface area contributed by atoms with E-state index in [0.717, 1.165) is 22.2 Å². The third-order valence-electron chi connectivity index (χ3n) is 2.90. The zero-order valence-electron chi connectivity index (χ0n) is 10.4. The van der Waals surface area contributed by atoms with Gasteiger partial charge >= 0.3 is 0 Å². The third-order valence-corrected chi connectivity index (χ3v) is 3.46. The Labute approximate surface area is 126 Å². The zero-order valence-corrected chi connectivity index (χ0v) is 11.9. The first-order valence-electron chi connectivity index (χ1n) is 6.06. The Balaban J connectivity index is 1.93. The highest BCUT2D eigenvalue weighted by molar-refractivity contribution is 6.36. The highest BCUT2D eigenvalue weighted by Gasteiger charge is 1.99. The minimum Gasteiger partial charge on any atom is -0.256 e. The molecule has 0 bridgehead atoms. The molecule has 1 heterocycles. The summed E-state index contributed by atoms with van der Waals surface area (Å²) < 4.78 is 0. The van der Waals surface area contributed by atoms with E-state index in [9.17, 15) is 0 Å². The van der Waals surface area contributed by atoms with Crippen LogP contribution in [0, 0.1) is 0 Å². The van der Waals surface area contributed by atoms with Crippen molar-refractivity contribution < 1.29 is 0 Å². The summed E-state index contributed by atoms with van der Waals surface area (Å²) in [5.74, 6) is 0. The number of rotatable bonds is 2. The minimum atomic E-state index is 0.587. The van der Waals surface area contributed by atoms with E-state index in [-0.39, 0.29) is 0 Å². The average Bonchev–Trinajstić information content (AvgIpc) is 2.46. The van der Waals surface area contributed by atoms with Crippen molar-refractivity contribution in [2.24, 2.45) is 4.99 Å². The van der Waals surface area contributed by atoms with E-state index in [0.29, 0.717) is 10.0 Å². The van der Waals surface area contributed by atoms with Crippen molar-refractivity contribution in [2.75, 3.05) is 0 Å². The van der Waals surface area contributed by atoms with Crippen LogP contribution in [0.4, 0.5) is 5.69 Å². The predicted octanol–water partition coefficient (Wildman–Crippen LogP) is 5.29. The van der Waals surface area contributed by atoms with Gasteiger partial charge in [-0.25, -0.2) is 0 Å². The minimum absolute atomic E-state index is 0.587. The molecule has 3 aromatic rings. The predicted molar refractivity (Wildman–Crippen MR) is 85.5 cm³/mol. The van der Waals surface area contributed by atoms with Crippen LogP contribution < -0.4 is 0 Å². The maximum atomic E-state index is 6.11. The number of pyridine rings is 1. The molecule has 0 fully saturated rings. The molecule has 20 heavy (non-hydrogen) atoms. The third kappa shape index (κ3) is 2.82. The number of benzene rings is 2. The van der Waals surface area contributed by atoms with Gasteiger partial charge in [0.05, 0.1) is 16.2 Å². The van der Waals surface area contributed by atoms with Crippen molar-refractivity contribution >= 4 is 46.0 Å². The molecular formula is C16H10Cl2N2. The second-order valence-electron chi connectivity index (χ2n) is 4.30. The maximum absolute atomic E-state index is 6.11. The van der Waals surface area contributed by atoms with Gasteiger partial charge in [-0.3, -0.25) is 9.98 Å². The molecule has 0 amide bonds. The van der Waals surface area contributed by atoms with Crippen molar-refractivity contribution in [2.45, 2.75) is 0 Å². The first-order valence-corrected chi connectivity index (χ1v) is 6.82. The summed E-state index contributed by atoms with van der Waals surface area (Å²) >= 11 is 12.0. The molecule has 0 saturated carbocycles. The standard InChI is InChI=1S/C16H10Cl2N2/c17-13-4-3-12(15(18)9-13)10-20-14-5-6-16-11(8-14)2-1-7-19-16/h1-10H. The number of nitrogens with zero attached hydrogens (tertiary/aromatic N) is 2. The lowest BCUT2D eigenvalue weighted by atomic mass is 10.2. The van der Waals surface area contributed by atoms with E-state index in [1.165, 1.54) is 0 Å². The molecule has 0 atom stereocenters. The van der Waals surface area contributed by atoms with E-state index in [4.69, 9.17) is 23.2 Å². The normalized spacial score (nSPS) is 11.3. The SMILES string of the molecule is Clc1ccc(C=Nc2ccc3ncccc3c2)c(Cl)c1. The van der Waals surface area contributed by atoms with Gasteiger partial charge in [-0.15, -0.1) is 0 Å². The molecule has 0 N–H and O–H groups in total. The number of hydrogen-bond acceptors (Lipinski definition) is 2. The molecule has 98 valence electrons. The molecule has 3 rings (SSSR count). The summed E-state index contributed by atoms with van der Waals surface area (Å²) in [4.78, 5) is 8.71. The molecule has 1 aromatic heterocycles. The van der Waals surface area contributed by atoms with Crippen LogP contribution in [0.3, 0.4) is 0 Å². The van der Waals surface area contributed by atoms with Gasteiger partial charge in [0.2, 0.25) is 0 Å². The molecule has 0 aliphatic heterocycles. The maximum Gasteiger partial charge on any atom is 0.0703 e. The van der Waals surface area contributed by atoms with Gasteiger partial charge in [0, 0.05) is 28.4 Å². The fourth-order valence-electron chi connectivity index (χ4n) is 1.89. The summed E-state index contributed by atoms with van der Waals surface area (Å²) in [5.41, 5.74) is 2.65. The van der Waals surface area contributed by atoms with Gasteiger partial charge in [0.1, 0.15) is 0 Å². The fraction of sp³-hybridized carbons (Fsp3) is 0. The van der Waals surface area contributed by atoms with Crippen molar-refractivity contribution in [3.8, 4) is 0 Å². The molecule has 2 aromatic carbocycles. The summed E-state index contributed by atoms with van der Waals surface area (Å²) in [7, 11) is 0. The van der Waals surface area contributed by atoms with E-state index in [2.05, 4.69) is 9.98 Å². The van der Waals surface area contributed by atoms with Gasteiger partial charge in [-0.05, 0) is 36.4 Å². The molecule has 0 unspecified atom stereocenters. The number of fused-ring (bicyclic) bond motifs is 1. The van der Waals surface area contributed by atoms with Crippen LogP contribution in [-0.2, 0) is 0 Å². The Hall–Kier alpha value is -1.90. The monoisotopic (exact) mass is 300 g/mol. The second-order valence-corrected chi connectivity index (χ2v) is 5.15. The summed E-state index contributed by atoms with van der Waals surface area (Å²) in [6.07, 6.45) is 3.51. The Morgan fingerprint density at radius 3 is 2.75 bits per heavy atom. The van der Waals surface area contributed by atoms with Crippen molar-refractivity contribution in [3.05, 3.63) is 70.3 Å². The van der Waals surface area contributed by atoms with E-state index >= 15 is 0 Å². The summed E-state index contributed by atoms with van der Waals surface area (Å²) in [6.45, 7) is 0. The van der Waals surface area contributed by atoms with Crippen LogP contribution >= 0.6 is 23.2 Å². The van der Waals surface area contributed by atoms with E-state index < -0.39 is 0 Å². The Morgan fingerprint density at radius 1 is 1.00 bits per heavy atom. The lowest BCUT2D eigenvalue weighted by Crippen LogP contribution is -1.82. The molecule has 0 radical (unpaired) electrons. The molecule has 2 nitrogen and oxygen atoms in total. The first-order chi connectivity index (χ1) is 9.72. The van der Waals surface area contributed by atoms with Crippen LogP contribution in [0.25, 0.3) is 10.9 Å². The van der Waals surface area contributed by atoms with Crippen LogP contribution in [0.2, 0.25) is 10.0 Å². The number of aliphatic imine (C=N–C) groups is 1. The van der Waals surface area contributed by atoms with Gasteiger partial charge < -0.3 is 0 Å². The Morgan fingerprint density at radius 2 is 1.90 bits per heavy atom.